The molecule has 0 spiro atoms. The number of carbonyl (C=O) groups is 1. The number of hydrogen-bond acceptors (Lipinski definition) is 5. The molecular formula is C21H20ClN5O3. The lowest BCUT2D eigenvalue weighted by atomic mass is 10.2. The highest BCUT2D eigenvalue weighted by atomic mass is 35.5. The van der Waals surface area contributed by atoms with E-state index in [0.717, 1.165) is 10.3 Å². The molecule has 1 saturated heterocycles. The van der Waals surface area contributed by atoms with Gasteiger partial charge in [0.15, 0.2) is 0 Å². The first-order chi connectivity index (χ1) is 14.5. The topological polar surface area (TPSA) is 91.3 Å². The summed E-state index contributed by atoms with van der Waals surface area (Å²) in [4.78, 5) is 48.4. The molecule has 1 aromatic carbocycles. The lowest BCUT2D eigenvalue weighted by Crippen LogP contribution is -2.50. The third kappa shape index (κ3) is 3.99. The van der Waals surface area contributed by atoms with Crippen molar-refractivity contribution in [1.29, 1.82) is 0 Å². The van der Waals surface area contributed by atoms with Crippen molar-refractivity contribution in [2.24, 2.45) is 0 Å². The molecule has 2 aromatic heterocycles. The summed E-state index contributed by atoms with van der Waals surface area (Å²) < 4.78 is 0.996. The third-order valence-corrected chi connectivity index (χ3v) is 5.42. The number of rotatable bonds is 4. The van der Waals surface area contributed by atoms with Gasteiger partial charge in [-0.3, -0.25) is 19.1 Å². The average Bonchev–Trinajstić information content (AvgIpc) is 2.77. The van der Waals surface area contributed by atoms with Crippen molar-refractivity contribution in [3.63, 3.8) is 0 Å². The highest BCUT2D eigenvalue weighted by molar-refractivity contribution is 6.33. The maximum absolute atomic E-state index is 13.0. The maximum Gasteiger partial charge on any atom is 0.328 e. The SMILES string of the molecule is O=C(c1c[nH]c(=O)n(Cc2ccccn2)c1=O)N1CCN(c2ccccc2Cl)CC1. The molecule has 0 bridgehead atoms. The predicted molar refractivity (Wildman–Crippen MR) is 114 cm³/mol. The standard InChI is InChI=1S/C21H20ClN5O3/c22-17-6-1-2-7-18(17)25-9-11-26(12-10-25)19(28)16-13-24-21(30)27(20(16)29)14-15-5-3-4-8-23-15/h1-8,13H,9-12,14H2,(H,24,30). The number of aromatic nitrogens is 3. The summed E-state index contributed by atoms with van der Waals surface area (Å²) in [5.74, 6) is -0.398. The minimum absolute atomic E-state index is 0.00356. The molecule has 4 rings (SSSR count). The van der Waals surface area contributed by atoms with Crippen molar-refractivity contribution < 1.29 is 4.79 Å². The number of nitrogens with one attached hydrogen (secondary N) is 1. The van der Waals surface area contributed by atoms with Crippen molar-refractivity contribution in [1.82, 2.24) is 19.4 Å². The van der Waals surface area contributed by atoms with Crippen molar-refractivity contribution in [2.45, 2.75) is 6.54 Å². The fourth-order valence-electron chi connectivity index (χ4n) is 3.49. The molecule has 1 fully saturated rings. The highest BCUT2D eigenvalue weighted by Gasteiger charge is 2.26. The Morgan fingerprint density at radius 1 is 1.03 bits per heavy atom. The van der Waals surface area contributed by atoms with Crippen LogP contribution in [0.3, 0.4) is 0 Å². The number of aromatic amines is 1. The first-order valence-electron chi connectivity index (χ1n) is 9.56. The first kappa shape index (κ1) is 19.9. The van der Waals surface area contributed by atoms with Crippen LogP contribution in [-0.2, 0) is 6.54 Å². The van der Waals surface area contributed by atoms with E-state index in [4.69, 9.17) is 11.6 Å². The zero-order valence-corrected chi connectivity index (χ0v) is 16.9. The van der Waals surface area contributed by atoms with Gasteiger partial charge in [0.1, 0.15) is 5.56 Å². The minimum atomic E-state index is -0.622. The number of carbonyl (C=O) groups excluding carboxylic acids is 1. The lowest BCUT2D eigenvalue weighted by Gasteiger charge is -2.36. The van der Waals surface area contributed by atoms with Gasteiger partial charge in [-0.25, -0.2) is 4.79 Å². The van der Waals surface area contributed by atoms with E-state index in [-0.39, 0.29) is 12.1 Å². The predicted octanol–water partition coefficient (Wildman–Crippen LogP) is 1.60. The van der Waals surface area contributed by atoms with Gasteiger partial charge in [-0.2, -0.15) is 0 Å². The van der Waals surface area contributed by atoms with E-state index in [1.165, 1.54) is 6.20 Å². The van der Waals surface area contributed by atoms with Crippen LogP contribution in [0, 0.1) is 0 Å². The van der Waals surface area contributed by atoms with Gasteiger partial charge in [0.05, 0.1) is 22.9 Å². The van der Waals surface area contributed by atoms with Crippen molar-refractivity contribution >= 4 is 23.2 Å². The molecule has 0 atom stereocenters. The molecule has 8 nitrogen and oxygen atoms in total. The maximum atomic E-state index is 13.0. The normalized spacial score (nSPS) is 14.0. The van der Waals surface area contributed by atoms with Gasteiger partial charge < -0.3 is 14.8 Å². The number of benzene rings is 1. The summed E-state index contributed by atoms with van der Waals surface area (Å²) in [5.41, 5.74) is 0.224. The molecule has 0 aliphatic carbocycles. The molecule has 1 amide bonds. The number of hydrogen-bond donors (Lipinski definition) is 1. The van der Waals surface area contributed by atoms with E-state index in [1.807, 2.05) is 24.3 Å². The minimum Gasteiger partial charge on any atom is -0.367 e. The molecule has 3 heterocycles. The molecule has 154 valence electrons. The molecule has 3 aromatic rings. The molecule has 9 heteroatoms. The third-order valence-electron chi connectivity index (χ3n) is 5.10. The van der Waals surface area contributed by atoms with Crippen LogP contribution in [0.15, 0.2) is 64.4 Å². The Kier molecular flexibility index (Phi) is 5.67. The van der Waals surface area contributed by atoms with Crippen LogP contribution in [0.4, 0.5) is 5.69 Å². The Morgan fingerprint density at radius 2 is 1.77 bits per heavy atom. The fraction of sp³-hybridized carbons (Fsp3) is 0.238. The number of nitrogens with zero attached hydrogens (tertiary/aromatic N) is 4. The van der Waals surface area contributed by atoms with E-state index >= 15 is 0 Å². The summed E-state index contributed by atoms with van der Waals surface area (Å²) in [6.07, 6.45) is 2.78. The van der Waals surface area contributed by atoms with Crippen LogP contribution >= 0.6 is 11.6 Å². The van der Waals surface area contributed by atoms with Crippen LogP contribution < -0.4 is 16.1 Å². The Morgan fingerprint density at radius 3 is 2.47 bits per heavy atom. The molecule has 1 aliphatic rings. The molecule has 1 N–H and O–H groups in total. The Hall–Kier alpha value is -3.39. The second kappa shape index (κ2) is 8.54. The van der Waals surface area contributed by atoms with Crippen LogP contribution in [0.1, 0.15) is 16.1 Å². The van der Waals surface area contributed by atoms with Gasteiger partial charge in [-0.1, -0.05) is 29.8 Å². The van der Waals surface area contributed by atoms with E-state index in [1.54, 1.807) is 29.3 Å². The van der Waals surface area contributed by atoms with Gasteiger partial charge in [0.2, 0.25) is 0 Å². The molecule has 1 aliphatic heterocycles. The monoisotopic (exact) mass is 425 g/mol. The Bertz CT molecular complexity index is 1170. The summed E-state index contributed by atoms with van der Waals surface area (Å²) >= 11 is 6.27. The summed E-state index contributed by atoms with van der Waals surface area (Å²) in [7, 11) is 0. The Balaban J connectivity index is 1.52. The van der Waals surface area contributed by atoms with E-state index < -0.39 is 17.2 Å². The van der Waals surface area contributed by atoms with Gasteiger partial charge in [0, 0.05) is 38.6 Å². The molecule has 0 radical (unpaired) electrons. The van der Waals surface area contributed by atoms with E-state index in [0.29, 0.717) is 36.9 Å². The largest absolute Gasteiger partial charge is 0.367 e. The average molecular weight is 426 g/mol. The highest BCUT2D eigenvalue weighted by Crippen LogP contribution is 2.26. The number of para-hydroxylation sites is 1. The number of anilines is 1. The molecule has 0 saturated carbocycles. The quantitative estimate of drug-likeness (QED) is 0.685. The molecular weight excluding hydrogens is 406 g/mol. The van der Waals surface area contributed by atoms with Crippen LogP contribution in [0.2, 0.25) is 5.02 Å². The zero-order chi connectivity index (χ0) is 21.1. The summed E-state index contributed by atoms with van der Waals surface area (Å²) in [6, 6.07) is 12.8. The smallest absolute Gasteiger partial charge is 0.328 e. The summed E-state index contributed by atoms with van der Waals surface area (Å²) in [5, 5.41) is 0.662. The fourth-order valence-corrected chi connectivity index (χ4v) is 3.75. The van der Waals surface area contributed by atoms with E-state index in [9.17, 15) is 14.4 Å². The summed E-state index contributed by atoms with van der Waals surface area (Å²) in [6.45, 7) is 2.09. The second-order valence-corrected chi connectivity index (χ2v) is 7.36. The van der Waals surface area contributed by atoms with Crippen molar-refractivity contribution in [3.8, 4) is 0 Å². The van der Waals surface area contributed by atoms with Crippen molar-refractivity contribution in [3.05, 3.63) is 92.0 Å². The first-order valence-corrected chi connectivity index (χ1v) is 9.93. The number of pyridine rings is 1. The zero-order valence-electron chi connectivity index (χ0n) is 16.1. The molecule has 30 heavy (non-hydrogen) atoms. The number of amides is 1. The van der Waals surface area contributed by atoms with Crippen molar-refractivity contribution in [2.75, 3.05) is 31.1 Å². The van der Waals surface area contributed by atoms with Crippen LogP contribution in [0.5, 0.6) is 0 Å². The van der Waals surface area contributed by atoms with E-state index in [2.05, 4.69) is 14.9 Å². The van der Waals surface area contributed by atoms with Crippen LogP contribution in [-0.4, -0.2) is 51.5 Å². The number of halogens is 1. The van der Waals surface area contributed by atoms with Gasteiger partial charge in [-0.15, -0.1) is 0 Å². The van der Waals surface area contributed by atoms with Gasteiger partial charge in [0.25, 0.3) is 11.5 Å². The lowest BCUT2D eigenvalue weighted by molar-refractivity contribution is 0.0743. The second-order valence-electron chi connectivity index (χ2n) is 6.95. The van der Waals surface area contributed by atoms with Gasteiger partial charge in [-0.05, 0) is 24.3 Å². The molecule has 0 unspecified atom stereocenters. The van der Waals surface area contributed by atoms with Gasteiger partial charge >= 0.3 is 5.69 Å². The number of H-pyrrole nitrogens is 1. The Labute approximate surface area is 177 Å². The number of piperazine rings is 1. The van der Waals surface area contributed by atoms with Crippen LogP contribution in [0.25, 0.3) is 0 Å².